The monoisotopic (exact) mass is 285 g/mol. The van der Waals surface area contributed by atoms with E-state index in [2.05, 4.69) is 38.7 Å². The van der Waals surface area contributed by atoms with E-state index in [1.54, 1.807) is 0 Å². The van der Waals surface area contributed by atoms with Crippen molar-refractivity contribution >= 4 is 0 Å². The number of likely N-dealkylation sites (tertiary alicyclic amines) is 1. The zero-order valence-corrected chi connectivity index (χ0v) is 12.7. The number of benzene rings is 1. The molecule has 112 valence electrons. The summed E-state index contributed by atoms with van der Waals surface area (Å²) in [6.45, 7) is 6.84. The minimum absolute atomic E-state index is 0.212. The third-order valence-corrected chi connectivity index (χ3v) is 4.40. The summed E-state index contributed by atoms with van der Waals surface area (Å²) in [4.78, 5) is 6.89. The molecular formula is C17H23N3O. The van der Waals surface area contributed by atoms with Gasteiger partial charge in [-0.15, -0.1) is 0 Å². The molecule has 1 saturated heterocycles. The standard InChI is InChI=1S/C17H23N3O/c1-13(21)15-8-9-19(11-15)12-17-10-18-14(2)20(17)16-6-4-3-5-7-16/h3-7,10,13,15,21H,8-9,11-12H2,1-2H3. The van der Waals surface area contributed by atoms with Gasteiger partial charge in [-0.1, -0.05) is 18.2 Å². The highest BCUT2D eigenvalue weighted by molar-refractivity contribution is 5.35. The molecule has 1 aromatic carbocycles. The first kappa shape index (κ1) is 14.3. The third kappa shape index (κ3) is 3.01. The van der Waals surface area contributed by atoms with Crippen molar-refractivity contribution in [2.24, 2.45) is 5.92 Å². The number of aryl methyl sites for hydroxylation is 1. The summed E-state index contributed by atoms with van der Waals surface area (Å²) in [6.07, 6.45) is 2.84. The number of rotatable bonds is 4. The van der Waals surface area contributed by atoms with Crippen LogP contribution in [0.25, 0.3) is 5.69 Å². The van der Waals surface area contributed by atoms with E-state index >= 15 is 0 Å². The van der Waals surface area contributed by atoms with Gasteiger partial charge < -0.3 is 5.11 Å². The van der Waals surface area contributed by atoms with Crippen LogP contribution in [0.15, 0.2) is 36.5 Å². The normalized spacial score (nSPS) is 20.8. The van der Waals surface area contributed by atoms with E-state index in [1.807, 2.05) is 26.1 Å². The van der Waals surface area contributed by atoms with Crippen LogP contribution in [-0.4, -0.2) is 38.8 Å². The predicted octanol–water partition coefficient (Wildman–Crippen LogP) is 2.38. The van der Waals surface area contributed by atoms with Crippen LogP contribution in [0.3, 0.4) is 0 Å². The molecule has 0 radical (unpaired) electrons. The van der Waals surface area contributed by atoms with Crippen LogP contribution in [0.2, 0.25) is 0 Å². The minimum atomic E-state index is -0.212. The number of aromatic nitrogens is 2. The minimum Gasteiger partial charge on any atom is -0.393 e. The second-order valence-corrected chi connectivity index (χ2v) is 5.99. The zero-order chi connectivity index (χ0) is 14.8. The van der Waals surface area contributed by atoms with Crippen molar-refractivity contribution in [1.82, 2.24) is 14.5 Å². The summed E-state index contributed by atoms with van der Waals surface area (Å²) in [6, 6.07) is 10.4. The summed E-state index contributed by atoms with van der Waals surface area (Å²) < 4.78 is 2.22. The zero-order valence-electron chi connectivity index (χ0n) is 12.7. The van der Waals surface area contributed by atoms with Crippen molar-refractivity contribution in [3.63, 3.8) is 0 Å². The fourth-order valence-electron chi connectivity index (χ4n) is 3.16. The van der Waals surface area contributed by atoms with Crippen LogP contribution in [0.1, 0.15) is 24.9 Å². The first-order valence-electron chi connectivity index (χ1n) is 7.64. The number of para-hydroxylation sites is 1. The first-order valence-corrected chi connectivity index (χ1v) is 7.64. The summed E-state index contributed by atoms with van der Waals surface area (Å²) in [5, 5.41) is 9.73. The Hall–Kier alpha value is -1.65. The average molecular weight is 285 g/mol. The summed E-state index contributed by atoms with van der Waals surface area (Å²) in [5.41, 5.74) is 2.37. The van der Waals surface area contributed by atoms with Gasteiger partial charge in [-0.05, 0) is 44.9 Å². The number of imidazole rings is 1. The molecule has 0 bridgehead atoms. The molecule has 0 spiro atoms. The van der Waals surface area contributed by atoms with Crippen LogP contribution in [0.5, 0.6) is 0 Å². The molecule has 2 unspecified atom stereocenters. The van der Waals surface area contributed by atoms with E-state index in [9.17, 15) is 5.11 Å². The number of nitrogens with zero attached hydrogens (tertiary/aromatic N) is 3. The van der Waals surface area contributed by atoms with Gasteiger partial charge in [-0.3, -0.25) is 9.47 Å². The van der Waals surface area contributed by atoms with Gasteiger partial charge in [-0.25, -0.2) is 4.98 Å². The third-order valence-electron chi connectivity index (χ3n) is 4.40. The number of hydrogen-bond acceptors (Lipinski definition) is 3. The summed E-state index contributed by atoms with van der Waals surface area (Å²) in [5.74, 6) is 1.42. The molecule has 21 heavy (non-hydrogen) atoms. The molecule has 1 fully saturated rings. The van der Waals surface area contributed by atoms with Gasteiger partial charge in [0.25, 0.3) is 0 Å². The maximum absolute atomic E-state index is 9.73. The van der Waals surface area contributed by atoms with Crippen LogP contribution in [-0.2, 0) is 6.54 Å². The highest BCUT2D eigenvalue weighted by atomic mass is 16.3. The molecule has 3 rings (SSSR count). The lowest BCUT2D eigenvalue weighted by Gasteiger charge is -2.18. The molecule has 0 amide bonds. The maximum Gasteiger partial charge on any atom is 0.110 e. The Kier molecular flexibility index (Phi) is 4.08. The molecule has 1 aliphatic heterocycles. The van der Waals surface area contributed by atoms with E-state index in [4.69, 9.17) is 0 Å². The van der Waals surface area contributed by atoms with Crippen molar-refractivity contribution in [3.8, 4) is 5.69 Å². The van der Waals surface area contributed by atoms with Crippen molar-refractivity contribution in [2.75, 3.05) is 13.1 Å². The highest BCUT2D eigenvalue weighted by Crippen LogP contribution is 2.23. The van der Waals surface area contributed by atoms with E-state index in [0.717, 1.165) is 37.6 Å². The Bertz CT molecular complexity index is 591. The van der Waals surface area contributed by atoms with Crippen LogP contribution in [0, 0.1) is 12.8 Å². The topological polar surface area (TPSA) is 41.3 Å². The molecule has 0 aliphatic carbocycles. The number of aliphatic hydroxyl groups is 1. The Morgan fingerprint density at radius 1 is 1.33 bits per heavy atom. The lowest BCUT2D eigenvalue weighted by molar-refractivity contribution is 0.127. The lowest BCUT2D eigenvalue weighted by Crippen LogP contribution is -2.25. The van der Waals surface area contributed by atoms with Crippen LogP contribution < -0.4 is 0 Å². The molecule has 2 heterocycles. The van der Waals surface area contributed by atoms with E-state index < -0.39 is 0 Å². The second kappa shape index (κ2) is 6.00. The molecule has 1 N–H and O–H groups in total. The molecule has 0 saturated carbocycles. The molecule has 2 atom stereocenters. The molecule has 1 aromatic heterocycles. The SMILES string of the molecule is Cc1ncc(CN2CCC(C(C)O)C2)n1-c1ccccc1. The van der Waals surface area contributed by atoms with Gasteiger partial charge >= 0.3 is 0 Å². The van der Waals surface area contributed by atoms with Crippen molar-refractivity contribution in [3.05, 3.63) is 48.0 Å². The van der Waals surface area contributed by atoms with E-state index in [-0.39, 0.29) is 6.10 Å². The van der Waals surface area contributed by atoms with Gasteiger partial charge in [0.05, 0.1) is 18.0 Å². The number of hydrogen-bond donors (Lipinski definition) is 1. The average Bonchev–Trinajstić information content (AvgIpc) is 3.08. The maximum atomic E-state index is 9.73. The van der Waals surface area contributed by atoms with Gasteiger partial charge in [0.1, 0.15) is 5.82 Å². The van der Waals surface area contributed by atoms with Crippen LogP contribution in [0.4, 0.5) is 0 Å². The molecular weight excluding hydrogens is 262 g/mol. The van der Waals surface area contributed by atoms with Gasteiger partial charge in [0, 0.05) is 18.8 Å². The molecule has 4 nitrogen and oxygen atoms in total. The van der Waals surface area contributed by atoms with Crippen LogP contribution >= 0.6 is 0 Å². The quantitative estimate of drug-likeness (QED) is 0.938. The Labute approximate surface area is 126 Å². The highest BCUT2D eigenvalue weighted by Gasteiger charge is 2.26. The molecule has 1 aliphatic rings. The van der Waals surface area contributed by atoms with Gasteiger partial charge in [0.15, 0.2) is 0 Å². The summed E-state index contributed by atoms with van der Waals surface area (Å²) in [7, 11) is 0. The Balaban J connectivity index is 1.79. The van der Waals surface area contributed by atoms with Crippen molar-refractivity contribution in [2.45, 2.75) is 32.9 Å². The van der Waals surface area contributed by atoms with E-state index in [1.165, 1.54) is 5.69 Å². The largest absolute Gasteiger partial charge is 0.393 e. The summed E-state index contributed by atoms with van der Waals surface area (Å²) >= 11 is 0. The Morgan fingerprint density at radius 2 is 2.10 bits per heavy atom. The fraction of sp³-hybridized carbons (Fsp3) is 0.471. The van der Waals surface area contributed by atoms with Crippen molar-refractivity contribution < 1.29 is 5.11 Å². The van der Waals surface area contributed by atoms with E-state index in [0.29, 0.717) is 5.92 Å². The Morgan fingerprint density at radius 3 is 2.76 bits per heavy atom. The van der Waals surface area contributed by atoms with Crippen molar-refractivity contribution in [1.29, 1.82) is 0 Å². The molecule has 4 heteroatoms. The van der Waals surface area contributed by atoms with Gasteiger partial charge in [-0.2, -0.15) is 0 Å². The first-order chi connectivity index (χ1) is 10.1. The smallest absolute Gasteiger partial charge is 0.110 e. The second-order valence-electron chi connectivity index (χ2n) is 5.99. The number of aliphatic hydroxyl groups excluding tert-OH is 1. The van der Waals surface area contributed by atoms with Gasteiger partial charge in [0.2, 0.25) is 0 Å². The predicted molar refractivity (Wildman–Crippen MR) is 83.4 cm³/mol. The lowest BCUT2D eigenvalue weighted by atomic mass is 10.0. The fourth-order valence-corrected chi connectivity index (χ4v) is 3.16. The molecule has 2 aromatic rings.